The molecule has 3 heteroatoms. The predicted molar refractivity (Wildman–Crippen MR) is 79.3 cm³/mol. The molecule has 1 unspecified atom stereocenters. The molecule has 0 saturated heterocycles. The van der Waals surface area contributed by atoms with Crippen molar-refractivity contribution < 1.29 is 9.84 Å². The zero-order valence-corrected chi connectivity index (χ0v) is 12.7. The number of hydrogen-bond acceptors (Lipinski definition) is 2. The summed E-state index contributed by atoms with van der Waals surface area (Å²) in [6.07, 6.45) is 8.40. The molecule has 0 radical (unpaired) electrons. The number of hydrogen-bond donors (Lipinski definition) is 1. The Kier molecular flexibility index (Phi) is 4.13. The van der Waals surface area contributed by atoms with Crippen LogP contribution in [0, 0.1) is 5.92 Å². The van der Waals surface area contributed by atoms with Gasteiger partial charge in [-0.25, -0.2) is 0 Å². The van der Waals surface area contributed by atoms with Gasteiger partial charge in [0.2, 0.25) is 0 Å². The van der Waals surface area contributed by atoms with Gasteiger partial charge < -0.3 is 9.84 Å². The molecule has 1 aliphatic heterocycles. The smallest absolute Gasteiger partial charge is 0.126 e. The van der Waals surface area contributed by atoms with E-state index in [0.717, 1.165) is 22.2 Å². The zero-order chi connectivity index (χ0) is 13.2. The van der Waals surface area contributed by atoms with E-state index in [2.05, 4.69) is 15.9 Å². The third kappa shape index (κ3) is 2.97. The molecule has 104 valence electrons. The van der Waals surface area contributed by atoms with Gasteiger partial charge in [0, 0.05) is 16.5 Å². The van der Waals surface area contributed by atoms with Crippen LogP contribution < -0.4 is 4.74 Å². The summed E-state index contributed by atoms with van der Waals surface area (Å²) in [5.74, 6) is 1.48. The second-order valence-corrected chi connectivity index (χ2v) is 6.76. The largest absolute Gasteiger partial charge is 0.490 e. The Morgan fingerprint density at radius 3 is 2.58 bits per heavy atom. The fraction of sp³-hybridized carbons (Fsp3) is 0.625. The van der Waals surface area contributed by atoms with Crippen molar-refractivity contribution in [2.24, 2.45) is 5.92 Å². The van der Waals surface area contributed by atoms with Crippen molar-refractivity contribution in [2.75, 3.05) is 0 Å². The van der Waals surface area contributed by atoms with E-state index in [1.807, 2.05) is 18.2 Å². The zero-order valence-electron chi connectivity index (χ0n) is 11.1. The predicted octanol–water partition coefficient (Wildman–Crippen LogP) is 4.60. The molecule has 0 bridgehead atoms. The summed E-state index contributed by atoms with van der Waals surface area (Å²) >= 11 is 3.48. The summed E-state index contributed by atoms with van der Waals surface area (Å²) in [5.41, 5.74) is 0.938. The topological polar surface area (TPSA) is 29.5 Å². The SMILES string of the molecule is O[C@H]1CC(C2CCCCCC2)Oc2cc(Br)ccc21. The number of fused-ring (bicyclic) bond motifs is 1. The van der Waals surface area contributed by atoms with Gasteiger partial charge >= 0.3 is 0 Å². The van der Waals surface area contributed by atoms with E-state index in [4.69, 9.17) is 4.74 Å². The fourth-order valence-corrected chi connectivity index (χ4v) is 3.76. The molecule has 0 aromatic heterocycles. The molecule has 2 atom stereocenters. The van der Waals surface area contributed by atoms with Crippen LogP contribution in [0.2, 0.25) is 0 Å². The summed E-state index contributed by atoms with van der Waals surface area (Å²) in [5, 5.41) is 10.3. The number of aliphatic hydroxyl groups is 1. The summed E-state index contributed by atoms with van der Waals surface area (Å²) < 4.78 is 7.20. The third-order valence-electron chi connectivity index (χ3n) is 4.49. The van der Waals surface area contributed by atoms with E-state index in [-0.39, 0.29) is 12.2 Å². The molecular weight excluding hydrogens is 304 g/mol. The Bertz CT molecular complexity index is 438. The molecule has 0 spiro atoms. The van der Waals surface area contributed by atoms with Crippen LogP contribution in [0.5, 0.6) is 5.75 Å². The second-order valence-electron chi connectivity index (χ2n) is 5.84. The number of ether oxygens (including phenoxy) is 1. The summed E-state index contributed by atoms with van der Waals surface area (Å²) in [6.45, 7) is 0. The Balaban J connectivity index is 1.79. The van der Waals surface area contributed by atoms with Crippen LogP contribution in [0.4, 0.5) is 0 Å². The van der Waals surface area contributed by atoms with E-state index in [0.29, 0.717) is 5.92 Å². The average molecular weight is 325 g/mol. The molecule has 1 saturated carbocycles. The molecule has 1 heterocycles. The van der Waals surface area contributed by atoms with Gasteiger partial charge in [-0.2, -0.15) is 0 Å². The molecule has 2 aliphatic rings. The minimum Gasteiger partial charge on any atom is -0.490 e. The summed E-state index contributed by atoms with van der Waals surface area (Å²) in [7, 11) is 0. The molecule has 1 aliphatic carbocycles. The first-order chi connectivity index (χ1) is 9.24. The lowest BCUT2D eigenvalue weighted by atomic mass is 9.87. The molecule has 1 aromatic rings. The fourth-order valence-electron chi connectivity index (χ4n) is 3.42. The first kappa shape index (κ1) is 13.4. The minimum absolute atomic E-state index is 0.190. The standard InChI is InChI=1S/C16H21BrO2/c17-12-7-8-13-14(18)10-15(19-16(13)9-12)11-5-3-1-2-4-6-11/h7-9,11,14-15,18H,1-6,10H2/t14-,15?/m0/s1. The highest BCUT2D eigenvalue weighted by atomic mass is 79.9. The second kappa shape index (κ2) is 5.84. The molecule has 1 fully saturated rings. The summed E-state index contributed by atoms with van der Waals surface area (Å²) in [4.78, 5) is 0. The minimum atomic E-state index is -0.370. The van der Waals surface area contributed by atoms with Crippen LogP contribution in [0.1, 0.15) is 56.6 Å². The van der Waals surface area contributed by atoms with Crippen LogP contribution in [0.3, 0.4) is 0 Å². The number of halogens is 1. The van der Waals surface area contributed by atoms with Crippen molar-refractivity contribution in [3.05, 3.63) is 28.2 Å². The van der Waals surface area contributed by atoms with Gasteiger partial charge in [0.15, 0.2) is 0 Å². The molecule has 1 N–H and O–H groups in total. The normalized spacial score (nSPS) is 28.3. The van der Waals surface area contributed by atoms with Crippen molar-refractivity contribution in [2.45, 2.75) is 57.2 Å². The maximum atomic E-state index is 10.3. The monoisotopic (exact) mass is 324 g/mol. The van der Waals surface area contributed by atoms with Crippen LogP contribution in [0.25, 0.3) is 0 Å². The van der Waals surface area contributed by atoms with Gasteiger partial charge in [-0.05, 0) is 30.9 Å². The third-order valence-corrected chi connectivity index (χ3v) is 4.99. The quantitative estimate of drug-likeness (QED) is 0.765. The van der Waals surface area contributed by atoms with E-state index in [1.54, 1.807) is 0 Å². The first-order valence-electron chi connectivity index (χ1n) is 7.38. The van der Waals surface area contributed by atoms with Gasteiger partial charge in [-0.15, -0.1) is 0 Å². The van der Waals surface area contributed by atoms with Gasteiger partial charge in [-0.3, -0.25) is 0 Å². The lowest BCUT2D eigenvalue weighted by Crippen LogP contribution is -2.32. The van der Waals surface area contributed by atoms with Crippen molar-refractivity contribution in [1.29, 1.82) is 0 Å². The molecule has 0 amide bonds. The lowest BCUT2D eigenvalue weighted by Gasteiger charge is -2.34. The van der Waals surface area contributed by atoms with Crippen molar-refractivity contribution in [3.63, 3.8) is 0 Å². The van der Waals surface area contributed by atoms with E-state index in [1.165, 1.54) is 38.5 Å². The van der Waals surface area contributed by atoms with Crippen molar-refractivity contribution in [1.82, 2.24) is 0 Å². The number of rotatable bonds is 1. The Morgan fingerprint density at radius 1 is 1.11 bits per heavy atom. The van der Waals surface area contributed by atoms with E-state index < -0.39 is 0 Å². The molecule has 3 rings (SSSR count). The van der Waals surface area contributed by atoms with Crippen LogP contribution in [0.15, 0.2) is 22.7 Å². The van der Waals surface area contributed by atoms with Crippen molar-refractivity contribution in [3.8, 4) is 5.75 Å². The van der Waals surface area contributed by atoms with Gasteiger partial charge in [-0.1, -0.05) is 47.7 Å². The molecule has 2 nitrogen and oxygen atoms in total. The van der Waals surface area contributed by atoms with Gasteiger partial charge in [0.1, 0.15) is 11.9 Å². The highest BCUT2D eigenvalue weighted by molar-refractivity contribution is 9.10. The average Bonchev–Trinajstić information content (AvgIpc) is 2.66. The molecular formula is C16H21BrO2. The maximum Gasteiger partial charge on any atom is 0.126 e. The highest BCUT2D eigenvalue weighted by Gasteiger charge is 2.32. The van der Waals surface area contributed by atoms with Crippen LogP contribution in [-0.4, -0.2) is 11.2 Å². The van der Waals surface area contributed by atoms with E-state index in [9.17, 15) is 5.11 Å². The Morgan fingerprint density at radius 2 is 1.84 bits per heavy atom. The molecule has 1 aromatic carbocycles. The van der Waals surface area contributed by atoms with Gasteiger partial charge in [0.25, 0.3) is 0 Å². The maximum absolute atomic E-state index is 10.3. The Labute approximate surface area is 123 Å². The van der Waals surface area contributed by atoms with Crippen molar-refractivity contribution >= 4 is 15.9 Å². The van der Waals surface area contributed by atoms with Crippen LogP contribution >= 0.6 is 15.9 Å². The molecule has 19 heavy (non-hydrogen) atoms. The highest BCUT2D eigenvalue weighted by Crippen LogP contribution is 2.40. The van der Waals surface area contributed by atoms with E-state index >= 15 is 0 Å². The Hall–Kier alpha value is -0.540. The first-order valence-corrected chi connectivity index (χ1v) is 8.17. The van der Waals surface area contributed by atoms with Gasteiger partial charge in [0.05, 0.1) is 6.10 Å². The lowest BCUT2D eigenvalue weighted by molar-refractivity contribution is 0.0296. The number of benzene rings is 1. The summed E-state index contributed by atoms with van der Waals surface area (Å²) in [6, 6.07) is 5.92. The number of aliphatic hydroxyl groups excluding tert-OH is 1. The van der Waals surface area contributed by atoms with Crippen LogP contribution in [-0.2, 0) is 0 Å².